The van der Waals surface area contributed by atoms with E-state index in [1.54, 1.807) is 0 Å². The molecular formula is C22H45NO2P+. The molecule has 0 aromatic rings. The van der Waals surface area contributed by atoms with Gasteiger partial charge in [0.25, 0.3) is 5.78 Å². The van der Waals surface area contributed by atoms with Gasteiger partial charge in [-0.25, -0.2) is 0 Å². The minimum Gasteiger partial charge on any atom is -0.591 e. The van der Waals surface area contributed by atoms with E-state index in [0.717, 1.165) is 19.3 Å². The van der Waals surface area contributed by atoms with Crippen LogP contribution in [0.1, 0.15) is 103 Å². The summed E-state index contributed by atoms with van der Waals surface area (Å²) in [6.45, 7) is 2.27. The fraction of sp³-hybridized carbons (Fsp3) is 0.909. The molecule has 2 unspecified atom stereocenters. The number of quaternary nitrogens is 1. The second kappa shape index (κ2) is 16.9. The van der Waals surface area contributed by atoms with Gasteiger partial charge in [0.2, 0.25) is 0 Å². The lowest BCUT2D eigenvalue weighted by Gasteiger charge is -2.27. The van der Waals surface area contributed by atoms with Crippen LogP contribution in [0.2, 0.25) is 0 Å². The summed E-state index contributed by atoms with van der Waals surface area (Å²) in [6.07, 6.45) is 23.8. The predicted molar refractivity (Wildman–Crippen MR) is 113 cm³/mol. The Morgan fingerprint density at radius 3 is 1.62 bits per heavy atom. The van der Waals surface area contributed by atoms with E-state index >= 15 is 0 Å². The fourth-order valence-corrected chi connectivity index (χ4v) is 4.29. The molecule has 0 saturated heterocycles. The standard InChI is InChI=1S/C22H45NO2P/c1-5-6-7-8-9-10-11-12-13-14-15-16-17-18-19-20-21-22(26(24)25)23(2,3)4/h18-19,22H,5-17,20-21H2,1-4H3/q+1/b19-18-. The first-order valence-electron chi connectivity index (χ1n) is 11.0. The lowest BCUT2D eigenvalue weighted by molar-refractivity contribution is -0.883. The van der Waals surface area contributed by atoms with Crippen molar-refractivity contribution in [3.63, 3.8) is 0 Å². The third-order valence-electron chi connectivity index (χ3n) is 5.12. The molecule has 0 amide bonds. The van der Waals surface area contributed by atoms with Gasteiger partial charge in [0.15, 0.2) is 0 Å². The normalized spacial score (nSPS) is 14.1. The molecule has 0 fully saturated rings. The van der Waals surface area contributed by atoms with Crippen LogP contribution >= 0.6 is 8.03 Å². The summed E-state index contributed by atoms with van der Waals surface area (Å²) >= 11 is 0. The van der Waals surface area contributed by atoms with Crippen LogP contribution in [0.5, 0.6) is 0 Å². The third-order valence-corrected chi connectivity index (χ3v) is 6.56. The highest BCUT2D eigenvalue weighted by Crippen LogP contribution is 2.28. The first-order chi connectivity index (χ1) is 12.4. The van der Waals surface area contributed by atoms with Crippen LogP contribution in [0, 0.1) is 0 Å². The summed E-state index contributed by atoms with van der Waals surface area (Å²) in [6, 6.07) is 0. The van der Waals surface area contributed by atoms with Gasteiger partial charge in [0.1, 0.15) is 0 Å². The average molecular weight is 387 g/mol. The van der Waals surface area contributed by atoms with Crippen molar-refractivity contribution < 1.29 is 13.9 Å². The smallest absolute Gasteiger partial charge is 0.373 e. The molecule has 2 atom stereocenters. The molecule has 0 bridgehead atoms. The Balaban J connectivity index is 3.42. The van der Waals surface area contributed by atoms with Crippen molar-refractivity contribution in [1.82, 2.24) is 0 Å². The van der Waals surface area contributed by atoms with Gasteiger partial charge >= 0.3 is 8.03 Å². The lowest BCUT2D eigenvalue weighted by atomic mass is 10.0. The Labute approximate surface area is 164 Å². The van der Waals surface area contributed by atoms with Crippen molar-refractivity contribution >= 4 is 8.03 Å². The van der Waals surface area contributed by atoms with E-state index in [1.165, 1.54) is 77.0 Å². The third kappa shape index (κ3) is 16.0. The lowest BCUT2D eigenvalue weighted by Crippen LogP contribution is -2.44. The molecule has 0 aliphatic rings. The maximum atomic E-state index is 11.3. The van der Waals surface area contributed by atoms with Gasteiger partial charge in [-0.2, -0.15) is 0 Å². The average Bonchev–Trinajstić information content (AvgIpc) is 2.56. The van der Waals surface area contributed by atoms with Crippen LogP contribution < -0.4 is 4.89 Å². The Hall–Kier alpha value is -0.240. The molecule has 0 aromatic carbocycles. The van der Waals surface area contributed by atoms with Gasteiger partial charge in [-0.05, 0) is 19.3 Å². The van der Waals surface area contributed by atoms with Crippen LogP contribution in [0.25, 0.3) is 0 Å². The summed E-state index contributed by atoms with van der Waals surface area (Å²) in [4.78, 5) is 11.3. The highest BCUT2D eigenvalue weighted by atomic mass is 31.1. The van der Waals surface area contributed by atoms with Crippen molar-refractivity contribution in [2.75, 3.05) is 21.1 Å². The Bertz CT molecular complexity index is 364. The Morgan fingerprint density at radius 1 is 0.769 bits per heavy atom. The van der Waals surface area contributed by atoms with Crippen LogP contribution in [0.4, 0.5) is 0 Å². The van der Waals surface area contributed by atoms with Crippen molar-refractivity contribution in [2.24, 2.45) is 0 Å². The van der Waals surface area contributed by atoms with Gasteiger partial charge in [0, 0.05) is 0 Å². The summed E-state index contributed by atoms with van der Waals surface area (Å²) in [5.74, 6) is -0.277. The van der Waals surface area contributed by atoms with E-state index in [4.69, 9.17) is 0 Å². The monoisotopic (exact) mass is 386 g/mol. The van der Waals surface area contributed by atoms with Gasteiger partial charge in [0.05, 0.1) is 27.6 Å². The minimum atomic E-state index is -2.36. The predicted octanol–water partition coefficient (Wildman–Crippen LogP) is 6.55. The summed E-state index contributed by atoms with van der Waals surface area (Å²) in [5, 5.41) is 0. The molecule has 26 heavy (non-hydrogen) atoms. The highest BCUT2D eigenvalue weighted by Gasteiger charge is 2.34. The molecule has 0 aliphatic carbocycles. The number of allylic oxidation sites excluding steroid dienone is 2. The zero-order valence-electron chi connectivity index (χ0n) is 18.0. The van der Waals surface area contributed by atoms with Crippen molar-refractivity contribution in [3.05, 3.63) is 12.2 Å². The molecule has 0 N–H and O–H groups in total. The Kier molecular flexibility index (Phi) is 16.7. The largest absolute Gasteiger partial charge is 0.591 e. The summed E-state index contributed by atoms with van der Waals surface area (Å²) in [7, 11) is 3.49. The molecule has 4 heteroatoms. The van der Waals surface area contributed by atoms with E-state index in [0.29, 0.717) is 4.48 Å². The van der Waals surface area contributed by atoms with Gasteiger partial charge in [-0.15, -0.1) is 0 Å². The van der Waals surface area contributed by atoms with E-state index < -0.39 is 8.03 Å². The SMILES string of the molecule is CCCCCCCCCCCCCC/C=C\CCC([P+](=O)[O-])[N+](C)(C)C. The van der Waals surface area contributed by atoms with E-state index in [-0.39, 0.29) is 5.78 Å². The number of hydrogen-bond donors (Lipinski definition) is 0. The van der Waals surface area contributed by atoms with Crippen LogP contribution in [-0.2, 0) is 4.57 Å². The molecule has 0 aromatic heterocycles. The van der Waals surface area contributed by atoms with Crippen molar-refractivity contribution in [3.8, 4) is 0 Å². The maximum Gasteiger partial charge on any atom is 0.373 e. The molecule has 0 rings (SSSR count). The molecule has 0 spiro atoms. The minimum absolute atomic E-state index is 0.277. The van der Waals surface area contributed by atoms with Gasteiger partial charge < -0.3 is 4.89 Å². The number of hydrogen-bond acceptors (Lipinski definition) is 2. The molecule has 0 aliphatic heterocycles. The molecule has 0 heterocycles. The van der Waals surface area contributed by atoms with Gasteiger partial charge in [-0.1, -0.05) is 94.3 Å². The molecule has 0 radical (unpaired) electrons. The summed E-state index contributed by atoms with van der Waals surface area (Å²) < 4.78 is 11.8. The fourth-order valence-electron chi connectivity index (χ4n) is 3.36. The van der Waals surface area contributed by atoms with Crippen LogP contribution in [0.3, 0.4) is 0 Å². The number of nitrogens with zero attached hydrogens (tertiary/aromatic N) is 1. The number of rotatable bonds is 18. The highest BCUT2D eigenvalue weighted by molar-refractivity contribution is 7.37. The molecule has 0 saturated carbocycles. The molecule has 154 valence electrons. The second-order valence-corrected chi connectivity index (χ2v) is 9.78. The van der Waals surface area contributed by atoms with Crippen molar-refractivity contribution in [2.45, 2.75) is 109 Å². The zero-order valence-corrected chi connectivity index (χ0v) is 18.9. The quantitative estimate of drug-likeness (QED) is 0.116. The van der Waals surface area contributed by atoms with E-state index in [9.17, 15) is 9.46 Å². The topological polar surface area (TPSA) is 40.1 Å². The molecule has 3 nitrogen and oxygen atoms in total. The second-order valence-electron chi connectivity index (χ2n) is 8.61. The zero-order chi connectivity index (χ0) is 19.7. The van der Waals surface area contributed by atoms with Crippen LogP contribution in [-0.4, -0.2) is 31.4 Å². The summed E-state index contributed by atoms with van der Waals surface area (Å²) in [5.41, 5.74) is 0. The molecular weight excluding hydrogens is 341 g/mol. The maximum absolute atomic E-state index is 11.3. The van der Waals surface area contributed by atoms with Crippen molar-refractivity contribution in [1.29, 1.82) is 0 Å². The first kappa shape index (κ1) is 25.8. The Morgan fingerprint density at radius 2 is 1.19 bits per heavy atom. The van der Waals surface area contributed by atoms with Gasteiger partial charge in [-0.3, -0.25) is 4.48 Å². The van der Waals surface area contributed by atoms with Crippen LogP contribution in [0.15, 0.2) is 12.2 Å². The van der Waals surface area contributed by atoms with E-state index in [1.807, 2.05) is 21.1 Å². The van der Waals surface area contributed by atoms with E-state index in [2.05, 4.69) is 19.1 Å². The number of unbranched alkanes of at least 4 members (excludes halogenated alkanes) is 12. The first-order valence-corrected chi connectivity index (χ1v) is 12.2.